The molecule has 0 atom stereocenters. The molecule has 3 heteroatoms. The first-order valence-corrected chi connectivity index (χ1v) is 4.25. The van der Waals surface area contributed by atoms with Gasteiger partial charge >= 0.3 is 0 Å². The molecule has 0 fully saturated rings. The third-order valence-corrected chi connectivity index (χ3v) is 2.22. The Hall–Kier alpha value is -0.600. The average Bonchev–Trinajstić information content (AvgIpc) is 2.05. The quantitative estimate of drug-likeness (QED) is 0.762. The summed E-state index contributed by atoms with van der Waals surface area (Å²) in [6, 6.07) is 3.78. The van der Waals surface area contributed by atoms with Crippen LogP contribution >= 0.6 is 11.6 Å². The second kappa shape index (κ2) is 3.42. The van der Waals surface area contributed by atoms with Crippen molar-refractivity contribution in [3.05, 3.63) is 29.0 Å². The molecule has 12 heavy (non-hydrogen) atoms. The van der Waals surface area contributed by atoms with Gasteiger partial charge < -0.3 is 5.32 Å². The molecule has 0 aliphatic heterocycles. The minimum atomic E-state index is -0.0927. The fraction of sp³-hybridized carbons (Fsp3) is 0.444. The SMILES string of the molecule is CNC(C)(C)c1ccc(Cl)cn1. The van der Waals surface area contributed by atoms with E-state index in [1.807, 2.05) is 19.2 Å². The molecule has 0 aromatic carbocycles. The highest BCUT2D eigenvalue weighted by molar-refractivity contribution is 6.30. The second-order valence-electron chi connectivity index (χ2n) is 3.24. The molecule has 66 valence electrons. The molecule has 1 heterocycles. The predicted molar refractivity (Wildman–Crippen MR) is 51.3 cm³/mol. The number of hydrogen-bond acceptors (Lipinski definition) is 2. The van der Waals surface area contributed by atoms with E-state index in [0.29, 0.717) is 5.02 Å². The van der Waals surface area contributed by atoms with E-state index in [-0.39, 0.29) is 5.54 Å². The zero-order chi connectivity index (χ0) is 9.19. The Balaban J connectivity index is 2.96. The van der Waals surface area contributed by atoms with Crippen LogP contribution in [0.3, 0.4) is 0 Å². The van der Waals surface area contributed by atoms with E-state index in [0.717, 1.165) is 5.69 Å². The van der Waals surface area contributed by atoms with Crippen molar-refractivity contribution in [3.8, 4) is 0 Å². The molecule has 0 bridgehead atoms. The van der Waals surface area contributed by atoms with Crippen LogP contribution in [0.15, 0.2) is 18.3 Å². The Morgan fingerprint density at radius 1 is 1.42 bits per heavy atom. The highest BCUT2D eigenvalue weighted by Crippen LogP contribution is 2.17. The van der Waals surface area contributed by atoms with Crippen LogP contribution in [0.1, 0.15) is 19.5 Å². The summed E-state index contributed by atoms with van der Waals surface area (Å²) in [5, 5.41) is 3.84. The maximum absolute atomic E-state index is 5.72. The molecule has 1 aromatic rings. The summed E-state index contributed by atoms with van der Waals surface area (Å²) < 4.78 is 0. The van der Waals surface area contributed by atoms with Gasteiger partial charge in [-0.15, -0.1) is 0 Å². The summed E-state index contributed by atoms with van der Waals surface area (Å²) >= 11 is 5.72. The zero-order valence-corrected chi connectivity index (χ0v) is 8.31. The average molecular weight is 185 g/mol. The monoisotopic (exact) mass is 184 g/mol. The van der Waals surface area contributed by atoms with Gasteiger partial charge in [-0.2, -0.15) is 0 Å². The molecular weight excluding hydrogens is 172 g/mol. The molecule has 0 radical (unpaired) electrons. The molecule has 0 aliphatic carbocycles. The molecule has 0 amide bonds. The van der Waals surface area contributed by atoms with E-state index in [1.54, 1.807) is 6.20 Å². The van der Waals surface area contributed by atoms with Crippen LogP contribution in [0.2, 0.25) is 5.02 Å². The van der Waals surface area contributed by atoms with Gasteiger partial charge in [0.1, 0.15) is 0 Å². The number of rotatable bonds is 2. The Morgan fingerprint density at radius 3 is 2.50 bits per heavy atom. The molecular formula is C9H13ClN2. The van der Waals surface area contributed by atoms with Gasteiger partial charge in [-0.1, -0.05) is 11.6 Å². The van der Waals surface area contributed by atoms with Crippen molar-refractivity contribution in [2.75, 3.05) is 7.05 Å². The third kappa shape index (κ3) is 1.96. The van der Waals surface area contributed by atoms with E-state index < -0.39 is 0 Å². The Kier molecular flexibility index (Phi) is 2.70. The van der Waals surface area contributed by atoms with Crippen LogP contribution < -0.4 is 5.32 Å². The highest BCUT2D eigenvalue weighted by atomic mass is 35.5. The molecule has 0 spiro atoms. The first-order valence-electron chi connectivity index (χ1n) is 3.87. The molecule has 1 N–H and O–H groups in total. The van der Waals surface area contributed by atoms with Crippen molar-refractivity contribution in [3.63, 3.8) is 0 Å². The van der Waals surface area contributed by atoms with E-state index in [1.165, 1.54) is 0 Å². The van der Waals surface area contributed by atoms with Gasteiger partial charge in [0.15, 0.2) is 0 Å². The standard InChI is InChI=1S/C9H13ClN2/c1-9(2,11-3)8-5-4-7(10)6-12-8/h4-6,11H,1-3H3. The van der Waals surface area contributed by atoms with E-state index >= 15 is 0 Å². The molecule has 0 saturated carbocycles. The van der Waals surface area contributed by atoms with Gasteiger partial charge in [-0.3, -0.25) is 4.98 Å². The van der Waals surface area contributed by atoms with Gasteiger partial charge in [0.05, 0.1) is 16.3 Å². The van der Waals surface area contributed by atoms with Gasteiger partial charge in [0.2, 0.25) is 0 Å². The second-order valence-corrected chi connectivity index (χ2v) is 3.67. The van der Waals surface area contributed by atoms with Gasteiger partial charge in [-0.25, -0.2) is 0 Å². The normalized spacial score (nSPS) is 11.7. The van der Waals surface area contributed by atoms with Crippen molar-refractivity contribution >= 4 is 11.6 Å². The number of nitrogens with zero attached hydrogens (tertiary/aromatic N) is 1. The van der Waals surface area contributed by atoms with Crippen molar-refractivity contribution in [2.24, 2.45) is 0 Å². The molecule has 0 aliphatic rings. The van der Waals surface area contributed by atoms with Crippen LogP contribution in [0.25, 0.3) is 0 Å². The minimum absolute atomic E-state index is 0.0927. The van der Waals surface area contributed by atoms with Crippen molar-refractivity contribution in [1.29, 1.82) is 0 Å². The zero-order valence-electron chi connectivity index (χ0n) is 7.56. The Morgan fingerprint density at radius 2 is 2.08 bits per heavy atom. The summed E-state index contributed by atoms with van der Waals surface area (Å²) in [4.78, 5) is 4.23. The van der Waals surface area contributed by atoms with Crippen molar-refractivity contribution in [1.82, 2.24) is 10.3 Å². The summed E-state index contributed by atoms with van der Waals surface area (Å²) in [6.07, 6.45) is 1.66. The number of hydrogen-bond donors (Lipinski definition) is 1. The first-order chi connectivity index (χ1) is 5.56. The van der Waals surface area contributed by atoms with Crippen molar-refractivity contribution in [2.45, 2.75) is 19.4 Å². The molecule has 2 nitrogen and oxygen atoms in total. The largest absolute Gasteiger partial charge is 0.310 e. The topological polar surface area (TPSA) is 24.9 Å². The number of pyridine rings is 1. The number of aromatic nitrogens is 1. The third-order valence-electron chi connectivity index (χ3n) is 1.99. The van der Waals surface area contributed by atoms with Crippen LogP contribution in [0, 0.1) is 0 Å². The van der Waals surface area contributed by atoms with Gasteiger partial charge in [-0.05, 0) is 33.0 Å². The maximum atomic E-state index is 5.72. The Labute approximate surface area is 78.0 Å². The number of nitrogens with one attached hydrogen (secondary N) is 1. The maximum Gasteiger partial charge on any atom is 0.0599 e. The predicted octanol–water partition coefficient (Wildman–Crippen LogP) is 2.19. The minimum Gasteiger partial charge on any atom is -0.310 e. The summed E-state index contributed by atoms with van der Waals surface area (Å²) in [7, 11) is 1.91. The van der Waals surface area contributed by atoms with Crippen LogP contribution in [0.5, 0.6) is 0 Å². The lowest BCUT2D eigenvalue weighted by atomic mass is 10.0. The first kappa shape index (κ1) is 9.49. The molecule has 0 saturated heterocycles. The molecule has 0 unspecified atom stereocenters. The molecule has 1 rings (SSSR count). The van der Waals surface area contributed by atoms with E-state index in [4.69, 9.17) is 11.6 Å². The summed E-state index contributed by atoms with van der Waals surface area (Å²) in [5.41, 5.74) is 0.902. The highest BCUT2D eigenvalue weighted by Gasteiger charge is 2.18. The fourth-order valence-electron chi connectivity index (χ4n) is 0.874. The molecule has 1 aromatic heterocycles. The Bertz CT molecular complexity index is 254. The lowest BCUT2D eigenvalue weighted by Crippen LogP contribution is -2.33. The van der Waals surface area contributed by atoms with E-state index in [2.05, 4.69) is 24.1 Å². The lowest BCUT2D eigenvalue weighted by molar-refractivity contribution is 0.431. The van der Waals surface area contributed by atoms with Crippen LogP contribution in [0.4, 0.5) is 0 Å². The fourth-order valence-corrected chi connectivity index (χ4v) is 0.985. The van der Waals surface area contributed by atoms with Gasteiger partial charge in [0, 0.05) is 6.20 Å². The summed E-state index contributed by atoms with van der Waals surface area (Å²) in [5.74, 6) is 0. The van der Waals surface area contributed by atoms with Crippen LogP contribution in [-0.2, 0) is 5.54 Å². The van der Waals surface area contributed by atoms with E-state index in [9.17, 15) is 0 Å². The van der Waals surface area contributed by atoms with Crippen LogP contribution in [-0.4, -0.2) is 12.0 Å². The number of halogens is 1. The lowest BCUT2D eigenvalue weighted by Gasteiger charge is -2.22. The van der Waals surface area contributed by atoms with Gasteiger partial charge in [0.25, 0.3) is 0 Å². The summed E-state index contributed by atoms with van der Waals surface area (Å²) in [6.45, 7) is 4.15. The smallest absolute Gasteiger partial charge is 0.0599 e. The van der Waals surface area contributed by atoms with Crippen molar-refractivity contribution < 1.29 is 0 Å².